The fourth-order valence-electron chi connectivity index (χ4n) is 1.07. The monoisotopic (exact) mass is 240 g/mol. The van der Waals surface area contributed by atoms with E-state index in [0.717, 1.165) is 5.56 Å². The zero-order valence-corrected chi connectivity index (χ0v) is 9.87. The Hall–Kier alpha value is -1.62. The van der Waals surface area contributed by atoms with Crippen molar-refractivity contribution < 1.29 is 19.1 Å². The Kier molecular flexibility index (Phi) is 4.72. The summed E-state index contributed by atoms with van der Waals surface area (Å²) in [5.74, 6) is -0.682. The van der Waals surface area contributed by atoms with E-state index in [1.165, 1.54) is 25.6 Å². The van der Waals surface area contributed by atoms with Crippen LogP contribution in [0.5, 0.6) is 0 Å². The standard InChI is InChI=1S/C11H12O4S/c1-14-9(12)5-3-4-8-6-7-16-10(8)11(13)15-2/h3-4,6-7H,5H2,1-2H3. The Labute approximate surface area is 97.5 Å². The van der Waals surface area contributed by atoms with Crippen LogP contribution in [0.2, 0.25) is 0 Å². The molecular weight excluding hydrogens is 228 g/mol. The Morgan fingerprint density at radius 3 is 2.75 bits per heavy atom. The summed E-state index contributed by atoms with van der Waals surface area (Å²) in [5, 5.41) is 1.80. The van der Waals surface area contributed by atoms with Gasteiger partial charge < -0.3 is 9.47 Å². The minimum Gasteiger partial charge on any atom is -0.469 e. The quantitative estimate of drug-likeness (QED) is 0.756. The van der Waals surface area contributed by atoms with Gasteiger partial charge in [0.2, 0.25) is 0 Å². The Morgan fingerprint density at radius 2 is 2.12 bits per heavy atom. The van der Waals surface area contributed by atoms with E-state index in [1.54, 1.807) is 23.6 Å². The van der Waals surface area contributed by atoms with E-state index >= 15 is 0 Å². The summed E-state index contributed by atoms with van der Waals surface area (Å²) in [5.41, 5.74) is 0.751. The third kappa shape index (κ3) is 3.20. The van der Waals surface area contributed by atoms with E-state index < -0.39 is 0 Å². The van der Waals surface area contributed by atoms with E-state index in [9.17, 15) is 9.59 Å². The molecule has 16 heavy (non-hydrogen) atoms. The predicted molar refractivity (Wildman–Crippen MR) is 61.3 cm³/mol. The number of rotatable bonds is 4. The molecule has 0 aliphatic carbocycles. The maximum absolute atomic E-state index is 11.3. The highest BCUT2D eigenvalue weighted by Crippen LogP contribution is 2.19. The van der Waals surface area contributed by atoms with Crippen LogP contribution in [0.1, 0.15) is 21.7 Å². The third-order valence-corrected chi connectivity index (χ3v) is 2.79. The van der Waals surface area contributed by atoms with Gasteiger partial charge >= 0.3 is 11.9 Å². The van der Waals surface area contributed by atoms with Gasteiger partial charge in [0.1, 0.15) is 4.88 Å². The average molecular weight is 240 g/mol. The minimum atomic E-state index is -0.368. The van der Waals surface area contributed by atoms with Crippen molar-refractivity contribution in [3.63, 3.8) is 0 Å². The summed E-state index contributed by atoms with van der Waals surface area (Å²) in [6, 6.07) is 1.80. The van der Waals surface area contributed by atoms with Gasteiger partial charge in [0.25, 0.3) is 0 Å². The van der Waals surface area contributed by atoms with Crippen molar-refractivity contribution in [2.45, 2.75) is 6.42 Å². The second-order valence-electron chi connectivity index (χ2n) is 2.88. The highest BCUT2D eigenvalue weighted by atomic mass is 32.1. The van der Waals surface area contributed by atoms with Gasteiger partial charge in [-0.1, -0.05) is 12.2 Å². The lowest BCUT2D eigenvalue weighted by atomic mass is 10.2. The van der Waals surface area contributed by atoms with Crippen LogP contribution in [-0.4, -0.2) is 26.2 Å². The molecule has 0 aromatic carbocycles. The molecule has 86 valence electrons. The average Bonchev–Trinajstić information content (AvgIpc) is 2.76. The van der Waals surface area contributed by atoms with E-state index in [4.69, 9.17) is 0 Å². The molecule has 5 heteroatoms. The van der Waals surface area contributed by atoms with E-state index in [-0.39, 0.29) is 18.4 Å². The van der Waals surface area contributed by atoms with E-state index in [2.05, 4.69) is 9.47 Å². The van der Waals surface area contributed by atoms with Crippen molar-refractivity contribution in [2.24, 2.45) is 0 Å². The molecule has 0 atom stereocenters. The van der Waals surface area contributed by atoms with E-state index in [0.29, 0.717) is 4.88 Å². The summed E-state index contributed by atoms with van der Waals surface area (Å²) < 4.78 is 9.12. The highest BCUT2D eigenvalue weighted by molar-refractivity contribution is 7.12. The number of methoxy groups -OCH3 is 2. The molecule has 4 nitrogen and oxygen atoms in total. The Balaban J connectivity index is 2.70. The van der Waals surface area contributed by atoms with Gasteiger partial charge in [0, 0.05) is 0 Å². The van der Waals surface area contributed by atoms with Gasteiger partial charge in [-0.15, -0.1) is 11.3 Å². The van der Waals surface area contributed by atoms with Crippen LogP contribution in [0, 0.1) is 0 Å². The lowest BCUT2D eigenvalue weighted by molar-refractivity contribution is -0.139. The maximum Gasteiger partial charge on any atom is 0.348 e. The summed E-state index contributed by atoms with van der Waals surface area (Å²) in [4.78, 5) is 22.7. The molecule has 1 rings (SSSR count). The minimum absolute atomic E-state index is 0.187. The molecule has 1 aromatic rings. The van der Waals surface area contributed by atoms with Gasteiger partial charge in [-0.25, -0.2) is 4.79 Å². The van der Waals surface area contributed by atoms with Gasteiger partial charge in [0.15, 0.2) is 0 Å². The summed E-state index contributed by atoms with van der Waals surface area (Å²) >= 11 is 1.30. The van der Waals surface area contributed by atoms with Gasteiger partial charge in [-0.05, 0) is 17.0 Å². The van der Waals surface area contributed by atoms with Crippen molar-refractivity contribution in [3.05, 3.63) is 28.0 Å². The van der Waals surface area contributed by atoms with Gasteiger partial charge in [-0.2, -0.15) is 0 Å². The van der Waals surface area contributed by atoms with Gasteiger partial charge in [0.05, 0.1) is 20.6 Å². The first kappa shape index (κ1) is 12.4. The molecule has 0 radical (unpaired) electrons. The van der Waals surface area contributed by atoms with Crippen LogP contribution in [0.25, 0.3) is 6.08 Å². The zero-order valence-electron chi connectivity index (χ0n) is 9.06. The molecule has 0 N–H and O–H groups in total. The van der Waals surface area contributed by atoms with Crippen molar-refractivity contribution in [1.29, 1.82) is 0 Å². The number of hydrogen-bond acceptors (Lipinski definition) is 5. The first-order chi connectivity index (χ1) is 7.69. The van der Waals surface area contributed by atoms with Gasteiger partial charge in [-0.3, -0.25) is 4.79 Å². The fraction of sp³-hybridized carbons (Fsp3) is 0.273. The SMILES string of the molecule is COC(=O)CC=Cc1ccsc1C(=O)OC. The number of carbonyl (C=O) groups is 2. The smallest absolute Gasteiger partial charge is 0.348 e. The van der Waals surface area contributed by atoms with E-state index in [1.807, 2.05) is 0 Å². The van der Waals surface area contributed by atoms with Crippen molar-refractivity contribution >= 4 is 29.4 Å². The molecule has 1 aromatic heterocycles. The highest BCUT2D eigenvalue weighted by Gasteiger charge is 2.10. The molecule has 0 saturated heterocycles. The van der Waals surface area contributed by atoms with Crippen LogP contribution < -0.4 is 0 Å². The first-order valence-electron chi connectivity index (χ1n) is 4.58. The summed E-state index contributed by atoms with van der Waals surface area (Å²) in [6.45, 7) is 0. The Morgan fingerprint density at radius 1 is 1.38 bits per heavy atom. The lowest BCUT2D eigenvalue weighted by Gasteiger charge is -1.96. The number of thiophene rings is 1. The van der Waals surface area contributed by atoms with Crippen molar-refractivity contribution in [3.8, 4) is 0 Å². The molecule has 0 bridgehead atoms. The fourth-order valence-corrected chi connectivity index (χ4v) is 1.88. The van der Waals surface area contributed by atoms with Crippen LogP contribution in [0.3, 0.4) is 0 Å². The van der Waals surface area contributed by atoms with Crippen molar-refractivity contribution in [1.82, 2.24) is 0 Å². The normalized spacial score (nSPS) is 10.4. The topological polar surface area (TPSA) is 52.6 Å². The molecular formula is C11H12O4S. The second kappa shape index (κ2) is 6.07. The Bertz CT molecular complexity index is 406. The zero-order chi connectivity index (χ0) is 12.0. The number of hydrogen-bond donors (Lipinski definition) is 0. The molecule has 0 spiro atoms. The second-order valence-corrected chi connectivity index (χ2v) is 3.80. The maximum atomic E-state index is 11.3. The molecule has 0 unspecified atom stereocenters. The summed E-state index contributed by atoms with van der Waals surface area (Å²) in [6.07, 6.45) is 3.55. The number of esters is 2. The predicted octanol–water partition coefficient (Wildman–Crippen LogP) is 2.11. The van der Waals surface area contributed by atoms with Crippen LogP contribution in [0.4, 0.5) is 0 Å². The third-order valence-electron chi connectivity index (χ3n) is 1.88. The molecule has 0 aliphatic heterocycles. The lowest BCUT2D eigenvalue weighted by Crippen LogP contribution is -2.00. The number of ether oxygens (including phenoxy) is 2. The molecule has 0 aliphatic rings. The van der Waals surface area contributed by atoms with Crippen LogP contribution >= 0.6 is 11.3 Å². The van der Waals surface area contributed by atoms with Crippen LogP contribution in [-0.2, 0) is 14.3 Å². The molecule has 1 heterocycles. The molecule has 0 amide bonds. The van der Waals surface area contributed by atoms with Crippen LogP contribution in [0.15, 0.2) is 17.5 Å². The largest absolute Gasteiger partial charge is 0.469 e. The molecule has 0 fully saturated rings. The first-order valence-corrected chi connectivity index (χ1v) is 5.46. The molecule has 0 saturated carbocycles. The van der Waals surface area contributed by atoms with Crippen molar-refractivity contribution in [2.75, 3.05) is 14.2 Å². The number of carbonyl (C=O) groups excluding carboxylic acids is 2. The summed E-state index contributed by atoms with van der Waals surface area (Å²) in [7, 11) is 2.67.